The summed E-state index contributed by atoms with van der Waals surface area (Å²) in [5, 5.41) is 3.90. The van der Waals surface area contributed by atoms with Crippen LogP contribution in [0.15, 0.2) is 40.9 Å². The summed E-state index contributed by atoms with van der Waals surface area (Å²) in [5.74, 6) is 0.617. The molecule has 0 radical (unpaired) electrons. The van der Waals surface area contributed by atoms with Crippen LogP contribution in [0.5, 0.6) is 0 Å². The summed E-state index contributed by atoms with van der Waals surface area (Å²) in [7, 11) is 0. The minimum absolute atomic E-state index is 0.0226. The molecule has 1 saturated heterocycles. The molecule has 1 fully saturated rings. The molecule has 0 spiro atoms. The molecule has 0 unspecified atom stereocenters. The predicted molar refractivity (Wildman–Crippen MR) is 71.7 cm³/mol. The van der Waals surface area contributed by atoms with E-state index >= 15 is 0 Å². The standard InChI is InChI=1S/C15H16N2O2/c18-15(17-9-5-2-6-10-17)13-11-14(19-16-13)12-7-3-1-4-8-12/h1,3-4,7-8,11H,2,5-6,9-10H2. The maximum Gasteiger partial charge on any atom is 0.276 e. The number of nitrogens with zero attached hydrogens (tertiary/aromatic N) is 2. The van der Waals surface area contributed by atoms with Gasteiger partial charge in [-0.05, 0) is 19.3 Å². The van der Waals surface area contributed by atoms with E-state index in [1.54, 1.807) is 6.07 Å². The van der Waals surface area contributed by atoms with Crippen LogP contribution in [0.1, 0.15) is 29.8 Å². The number of amides is 1. The molecule has 4 heteroatoms. The normalized spacial score (nSPS) is 15.5. The molecule has 3 rings (SSSR count). The Morgan fingerprint density at radius 3 is 2.58 bits per heavy atom. The Hall–Kier alpha value is -2.10. The zero-order valence-electron chi connectivity index (χ0n) is 10.7. The van der Waals surface area contributed by atoms with Gasteiger partial charge < -0.3 is 9.42 Å². The quantitative estimate of drug-likeness (QED) is 0.829. The van der Waals surface area contributed by atoms with Gasteiger partial charge in [-0.2, -0.15) is 0 Å². The van der Waals surface area contributed by atoms with Crippen molar-refractivity contribution in [2.45, 2.75) is 19.3 Å². The van der Waals surface area contributed by atoms with Crippen LogP contribution in [-0.2, 0) is 0 Å². The van der Waals surface area contributed by atoms with Crippen molar-refractivity contribution < 1.29 is 9.32 Å². The highest BCUT2D eigenvalue weighted by atomic mass is 16.5. The molecule has 1 aromatic carbocycles. The summed E-state index contributed by atoms with van der Waals surface area (Å²) >= 11 is 0. The zero-order valence-corrected chi connectivity index (χ0v) is 10.7. The Morgan fingerprint density at radius 2 is 1.84 bits per heavy atom. The number of carbonyl (C=O) groups excluding carboxylic acids is 1. The minimum atomic E-state index is -0.0226. The van der Waals surface area contributed by atoms with Crippen molar-refractivity contribution in [1.82, 2.24) is 10.1 Å². The first-order valence-corrected chi connectivity index (χ1v) is 6.66. The lowest BCUT2D eigenvalue weighted by Crippen LogP contribution is -2.35. The molecule has 0 N–H and O–H groups in total. The van der Waals surface area contributed by atoms with Crippen molar-refractivity contribution >= 4 is 5.91 Å². The van der Waals surface area contributed by atoms with E-state index < -0.39 is 0 Å². The molecule has 1 aliphatic rings. The van der Waals surface area contributed by atoms with Crippen molar-refractivity contribution in [1.29, 1.82) is 0 Å². The van der Waals surface area contributed by atoms with Gasteiger partial charge in [0.25, 0.3) is 5.91 Å². The second-order valence-corrected chi connectivity index (χ2v) is 4.80. The van der Waals surface area contributed by atoms with Crippen LogP contribution in [0.4, 0.5) is 0 Å². The van der Waals surface area contributed by atoms with Gasteiger partial charge >= 0.3 is 0 Å². The van der Waals surface area contributed by atoms with Gasteiger partial charge in [0.05, 0.1) is 0 Å². The third-order valence-electron chi connectivity index (χ3n) is 3.43. The van der Waals surface area contributed by atoms with Gasteiger partial charge in [-0.1, -0.05) is 35.5 Å². The van der Waals surface area contributed by atoms with Gasteiger partial charge in [-0.3, -0.25) is 4.79 Å². The smallest absolute Gasteiger partial charge is 0.276 e. The van der Waals surface area contributed by atoms with Crippen LogP contribution in [-0.4, -0.2) is 29.1 Å². The van der Waals surface area contributed by atoms with Crippen molar-refractivity contribution in [3.8, 4) is 11.3 Å². The molecule has 98 valence electrons. The van der Waals surface area contributed by atoms with E-state index in [0.717, 1.165) is 31.5 Å². The van der Waals surface area contributed by atoms with Gasteiger partial charge in [0.1, 0.15) is 0 Å². The Bertz CT molecular complexity index is 557. The van der Waals surface area contributed by atoms with E-state index in [4.69, 9.17) is 4.52 Å². The second kappa shape index (κ2) is 5.26. The summed E-state index contributed by atoms with van der Waals surface area (Å²) in [6.07, 6.45) is 3.36. The van der Waals surface area contributed by atoms with E-state index in [9.17, 15) is 4.79 Å². The Labute approximate surface area is 112 Å². The first-order chi connectivity index (χ1) is 9.34. The summed E-state index contributed by atoms with van der Waals surface area (Å²) in [4.78, 5) is 14.1. The molecule has 0 aliphatic carbocycles. The molecule has 1 aliphatic heterocycles. The Balaban J connectivity index is 1.79. The molecular formula is C15H16N2O2. The number of piperidine rings is 1. The molecule has 1 amide bonds. The third kappa shape index (κ3) is 2.52. The third-order valence-corrected chi connectivity index (χ3v) is 3.43. The van der Waals surface area contributed by atoms with Crippen LogP contribution >= 0.6 is 0 Å². The predicted octanol–water partition coefficient (Wildman–Crippen LogP) is 2.97. The van der Waals surface area contributed by atoms with Crippen molar-refractivity contribution in [3.05, 3.63) is 42.1 Å². The lowest BCUT2D eigenvalue weighted by molar-refractivity contribution is 0.0714. The van der Waals surface area contributed by atoms with E-state index in [-0.39, 0.29) is 5.91 Å². The Kier molecular flexibility index (Phi) is 3.31. The van der Waals surface area contributed by atoms with Gasteiger partial charge in [0, 0.05) is 24.7 Å². The fourth-order valence-electron chi connectivity index (χ4n) is 2.37. The van der Waals surface area contributed by atoms with Crippen molar-refractivity contribution in [2.75, 3.05) is 13.1 Å². The topological polar surface area (TPSA) is 46.3 Å². The number of benzene rings is 1. The van der Waals surface area contributed by atoms with Crippen LogP contribution in [0.2, 0.25) is 0 Å². The number of hydrogen-bond donors (Lipinski definition) is 0. The Morgan fingerprint density at radius 1 is 1.11 bits per heavy atom. The number of likely N-dealkylation sites (tertiary alicyclic amines) is 1. The van der Waals surface area contributed by atoms with Crippen LogP contribution < -0.4 is 0 Å². The fraction of sp³-hybridized carbons (Fsp3) is 0.333. The van der Waals surface area contributed by atoms with Gasteiger partial charge in [0.2, 0.25) is 0 Å². The van der Waals surface area contributed by atoms with E-state index in [2.05, 4.69) is 5.16 Å². The number of carbonyl (C=O) groups is 1. The average molecular weight is 256 g/mol. The minimum Gasteiger partial charge on any atom is -0.355 e. The van der Waals surface area contributed by atoms with Gasteiger partial charge in [-0.15, -0.1) is 0 Å². The summed E-state index contributed by atoms with van der Waals surface area (Å²) in [5.41, 5.74) is 1.34. The fourth-order valence-corrected chi connectivity index (χ4v) is 2.37. The molecule has 19 heavy (non-hydrogen) atoms. The SMILES string of the molecule is O=C(c1cc(-c2ccccc2)on1)N1CCCCC1. The lowest BCUT2D eigenvalue weighted by Gasteiger charge is -2.25. The largest absolute Gasteiger partial charge is 0.355 e. The molecule has 0 saturated carbocycles. The molecular weight excluding hydrogens is 240 g/mol. The molecule has 0 atom stereocenters. The number of aromatic nitrogens is 1. The number of rotatable bonds is 2. The first kappa shape index (κ1) is 12.0. The highest BCUT2D eigenvalue weighted by Gasteiger charge is 2.21. The monoisotopic (exact) mass is 256 g/mol. The van der Waals surface area contributed by atoms with Crippen LogP contribution in [0.3, 0.4) is 0 Å². The van der Waals surface area contributed by atoms with Crippen LogP contribution in [0.25, 0.3) is 11.3 Å². The lowest BCUT2D eigenvalue weighted by atomic mass is 10.1. The number of hydrogen-bond acceptors (Lipinski definition) is 3. The first-order valence-electron chi connectivity index (χ1n) is 6.66. The van der Waals surface area contributed by atoms with Gasteiger partial charge in [-0.25, -0.2) is 0 Å². The summed E-state index contributed by atoms with van der Waals surface area (Å²) < 4.78 is 5.27. The van der Waals surface area contributed by atoms with Gasteiger partial charge in [0.15, 0.2) is 11.5 Å². The molecule has 1 aromatic heterocycles. The molecule has 0 bridgehead atoms. The summed E-state index contributed by atoms with van der Waals surface area (Å²) in [6, 6.07) is 11.4. The molecule has 2 aromatic rings. The highest BCUT2D eigenvalue weighted by molar-refractivity contribution is 5.93. The van der Waals surface area contributed by atoms with E-state index in [0.29, 0.717) is 11.5 Å². The zero-order chi connectivity index (χ0) is 13.1. The van der Waals surface area contributed by atoms with E-state index in [1.807, 2.05) is 35.2 Å². The van der Waals surface area contributed by atoms with E-state index in [1.165, 1.54) is 6.42 Å². The second-order valence-electron chi connectivity index (χ2n) is 4.80. The molecule has 2 heterocycles. The maximum absolute atomic E-state index is 12.2. The van der Waals surface area contributed by atoms with Crippen molar-refractivity contribution in [3.63, 3.8) is 0 Å². The van der Waals surface area contributed by atoms with Crippen LogP contribution in [0, 0.1) is 0 Å². The van der Waals surface area contributed by atoms with Crippen molar-refractivity contribution in [2.24, 2.45) is 0 Å². The molecule has 4 nitrogen and oxygen atoms in total. The average Bonchev–Trinajstić information content (AvgIpc) is 2.98. The summed E-state index contributed by atoms with van der Waals surface area (Å²) in [6.45, 7) is 1.65. The maximum atomic E-state index is 12.2. The highest BCUT2D eigenvalue weighted by Crippen LogP contribution is 2.21.